The number of rotatable bonds is 8. The topological polar surface area (TPSA) is 49.4 Å². The molecule has 1 atom stereocenters. The average molecular weight is 349 g/mol. The smallest absolute Gasteiger partial charge is 0.225 e. The summed E-state index contributed by atoms with van der Waals surface area (Å²) < 4.78 is 0. The van der Waals surface area contributed by atoms with Crippen molar-refractivity contribution in [2.45, 2.75) is 32.9 Å². The minimum absolute atomic E-state index is 0.0190. The summed E-state index contributed by atoms with van der Waals surface area (Å²) in [6.45, 7) is 8.24. The largest absolute Gasteiger partial charge is 0.355 e. The summed E-state index contributed by atoms with van der Waals surface area (Å²) in [5, 5.41) is 2.98. The van der Waals surface area contributed by atoms with Crippen LogP contribution in [0.15, 0.2) is 24.3 Å². The summed E-state index contributed by atoms with van der Waals surface area (Å²) in [4.78, 5) is 25.9. The zero-order chi connectivity index (χ0) is 17.5. The molecule has 0 bridgehead atoms. The quantitative estimate of drug-likeness (QED) is 0.735. The minimum Gasteiger partial charge on any atom is -0.355 e. The number of carbonyl (C=O) groups is 2. The van der Waals surface area contributed by atoms with Crippen molar-refractivity contribution in [2.75, 3.05) is 25.4 Å². The fourth-order valence-corrected chi connectivity index (χ4v) is 3.65. The molecule has 0 saturated carbocycles. The van der Waals surface area contributed by atoms with Gasteiger partial charge in [0, 0.05) is 37.6 Å². The molecule has 5 heteroatoms. The van der Waals surface area contributed by atoms with Crippen LogP contribution in [0.1, 0.15) is 31.4 Å². The lowest BCUT2D eigenvalue weighted by atomic mass is 10.1. The van der Waals surface area contributed by atoms with Gasteiger partial charge in [-0.15, -0.1) is 0 Å². The molecule has 0 spiro atoms. The second-order valence-electron chi connectivity index (χ2n) is 6.92. The molecule has 1 heterocycles. The lowest BCUT2D eigenvalue weighted by molar-refractivity contribution is -0.129. The van der Waals surface area contributed by atoms with E-state index in [-0.39, 0.29) is 17.7 Å². The van der Waals surface area contributed by atoms with Crippen molar-refractivity contribution in [1.82, 2.24) is 10.2 Å². The number of hydrogen-bond donors (Lipinski definition) is 1. The summed E-state index contributed by atoms with van der Waals surface area (Å²) in [5.41, 5.74) is 2.58. The molecule has 2 amide bonds. The lowest BCUT2D eigenvalue weighted by Crippen LogP contribution is -2.35. The van der Waals surface area contributed by atoms with E-state index in [2.05, 4.69) is 50.4 Å². The Kier molecular flexibility index (Phi) is 7.16. The second kappa shape index (κ2) is 9.11. The van der Waals surface area contributed by atoms with Gasteiger partial charge in [0.1, 0.15) is 0 Å². The molecule has 0 aromatic heterocycles. The third-order valence-electron chi connectivity index (χ3n) is 4.11. The predicted molar refractivity (Wildman–Crippen MR) is 99.9 cm³/mol. The fraction of sp³-hybridized carbons (Fsp3) is 0.579. The van der Waals surface area contributed by atoms with Crippen LogP contribution in [0.25, 0.3) is 0 Å². The van der Waals surface area contributed by atoms with Gasteiger partial charge in [-0.2, -0.15) is 11.8 Å². The molecule has 1 aromatic carbocycles. The fourth-order valence-electron chi connectivity index (χ4n) is 2.83. The molecule has 132 valence electrons. The molecule has 1 aromatic rings. The van der Waals surface area contributed by atoms with Gasteiger partial charge in [-0.25, -0.2) is 0 Å². The van der Waals surface area contributed by atoms with Gasteiger partial charge < -0.3 is 10.2 Å². The van der Waals surface area contributed by atoms with E-state index in [1.807, 2.05) is 16.7 Å². The highest BCUT2D eigenvalue weighted by atomic mass is 32.2. The molecule has 1 saturated heterocycles. The first-order chi connectivity index (χ1) is 11.5. The SMILES string of the molecule is Cc1ccc(CSCCNC(=O)C2CC(=O)N(CC(C)C)C2)cc1. The highest BCUT2D eigenvalue weighted by Gasteiger charge is 2.34. The van der Waals surface area contributed by atoms with Crippen molar-refractivity contribution in [3.8, 4) is 0 Å². The molecule has 2 rings (SSSR count). The molecule has 1 N–H and O–H groups in total. The van der Waals surface area contributed by atoms with Crippen LogP contribution in [0.2, 0.25) is 0 Å². The number of hydrogen-bond acceptors (Lipinski definition) is 3. The van der Waals surface area contributed by atoms with Crippen LogP contribution in [0.5, 0.6) is 0 Å². The van der Waals surface area contributed by atoms with Gasteiger partial charge >= 0.3 is 0 Å². The average Bonchev–Trinajstić information content (AvgIpc) is 2.89. The zero-order valence-corrected chi connectivity index (χ0v) is 15.7. The van der Waals surface area contributed by atoms with E-state index in [9.17, 15) is 9.59 Å². The van der Waals surface area contributed by atoms with E-state index in [1.165, 1.54) is 11.1 Å². The van der Waals surface area contributed by atoms with E-state index < -0.39 is 0 Å². The van der Waals surface area contributed by atoms with Crippen molar-refractivity contribution in [3.63, 3.8) is 0 Å². The van der Waals surface area contributed by atoms with E-state index in [0.717, 1.165) is 18.1 Å². The maximum absolute atomic E-state index is 12.2. The van der Waals surface area contributed by atoms with Crippen molar-refractivity contribution >= 4 is 23.6 Å². The summed E-state index contributed by atoms with van der Waals surface area (Å²) in [6, 6.07) is 8.54. The molecule has 1 unspecified atom stereocenters. The highest BCUT2D eigenvalue weighted by molar-refractivity contribution is 7.98. The number of likely N-dealkylation sites (tertiary alicyclic amines) is 1. The van der Waals surface area contributed by atoms with Gasteiger partial charge in [-0.1, -0.05) is 43.7 Å². The van der Waals surface area contributed by atoms with E-state index >= 15 is 0 Å². The Morgan fingerprint density at radius 1 is 1.33 bits per heavy atom. The Hall–Kier alpha value is -1.49. The van der Waals surface area contributed by atoms with Crippen LogP contribution < -0.4 is 5.32 Å². The standard InChI is InChI=1S/C19H28N2O2S/c1-14(2)11-21-12-17(10-18(21)22)19(23)20-8-9-24-13-16-6-4-15(3)5-7-16/h4-7,14,17H,8-13H2,1-3H3,(H,20,23). The Bertz CT molecular complexity index is 557. The number of thioether (sulfide) groups is 1. The molecular weight excluding hydrogens is 320 g/mol. The summed E-state index contributed by atoms with van der Waals surface area (Å²) in [7, 11) is 0. The van der Waals surface area contributed by atoms with Crippen molar-refractivity contribution in [3.05, 3.63) is 35.4 Å². The maximum Gasteiger partial charge on any atom is 0.225 e. The first-order valence-corrected chi connectivity index (χ1v) is 9.80. The molecule has 1 aliphatic heterocycles. The number of benzene rings is 1. The third-order valence-corrected chi connectivity index (χ3v) is 5.14. The Balaban J connectivity index is 1.63. The number of carbonyl (C=O) groups excluding carboxylic acids is 2. The van der Waals surface area contributed by atoms with Crippen LogP contribution >= 0.6 is 11.8 Å². The normalized spacial score (nSPS) is 17.6. The van der Waals surface area contributed by atoms with Crippen LogP contribution in [0.4, 0.5) is 0 Å². The molecule has 4 nitrogen and oxygen atoms in total. The van der Waals surface area contributed by atoms with E-state index in [0.29, 0.717) is 25.4 Å². The Morgan fingerprint density at radius 3 is 2.71 bits per heavy atom. The van der Waals surface area contributed by atoms with E-state index in [4.69, 9.17) is 0 Å². The molecule has 0 aliphatic carbocycles. The van der Waals surface area contributed by atoms with E-state index in [1.54, 1.807) is 0 Å². The highest BCUT2D eigenvalue weighted by Crippen LogP contribution is 2.19. The Morgan fingerprint density at radius 2 is 2.04 bits per heavy atom. The first kappa shape index (κ1) is 18.8. The summed E-state index contributed by atoms with van der Waals surface area (Å²) >= 11 is 1.81. The van der Waals surface area contributed by atoms with Gasteiger partial charge in [-0.3, -0.25) is 9.59 Å². The predicted octanol–water partition coefficient (Wildman–Crippen LogP) is 2.85. The van der Waals surface area contributed by atoms with Gasteiger partial charge in [0.2, 0.25) is 11.8 Å². The number of amides is 2. The van der Waals surface area contributed by atoms with Crippen molar-refractivity contribution < 1.29 is 9.59 Å². The van der Waals surface area contributed by atoms with Gasteiger partial charge in [0.15, 0.2) is 0 Å². The van der Waals surface area contributed by atoms with Crippen molar-refractivity contribution in [2.24, 2.45) is 11.8 Å². The summed E-state index contributed by atoms with van der Waals surface area (Å²) in [5.74, 6) is 2.23. The molecule has 0 radical (unpaired) electrons. The zero-order valence-electron chi connectivity index (χ0n) is 14.9. The molecule has 1 aliphatic rings. The van der Waals surface area contributed by atoms with Crippen LogP contribution in [0, 0.1) is 18.8 Å². The monoisotopic (exact) mass is 348 g/mol. The van der Waals surface area contributed by atoms with Gasteiger partial charge in [-0.05, 0) is 18.4 Å². The second-order valence-corrected chi connectivity index (χ2v) is 8.03. The van der Waals surface area contributed by atoms with Crippen molar-refractivity contribution in [1.29, 1.82) is 0 Å². The van der Waals surface area contributed by atoms with Gasteiger partial charge in [0.05, 0.1) is 5.92 Å². The minimum atomic E-state index is -0.182. The van der Waals surface area contributed by atoms with Gasteiger partial charge in [0.25, 0.3) is 0 Å². The molecule has 1 fully saturated rings. The number of nitrogens with zero attached hydrogens (tertiary/aromatic N) is 1. The van der Waals surface area contributed by atoms with Crippen LogP contribution in [-0.4, -0.2) is 42.1 Å². The number of nitrogens with one attached hydrogen (secondary N) is 1. The van der Waals surface area contributed by atoms with Crippen LogP contribution in [-0.2, 0) is 15.3 Å². The maximum atomic E-state index is 12.2. The van der Waals surface area contributed by atoms with Crippen LogP contribution in [0.3, 0.4) is 0 Å². The molecule has 24 heavy (non-hydrogen) atoms. The first-order valence-electron chi connectivity index (χ1n) is 8.64. The third kappa shape index (κ3) is 5.86. The lowest BCUT2D eigenvalue weighted by Gasteiger charge is -2.18. The number of aryl methyl sites for hydroxylation is 1. The molecular formula is C19H28N2O2S. The Labute approximate surface area is 149 Å². The summed E-state index contributed by atoms with van der Waals surface area (Å²) in [6.07, 6.45) is 0.356.